The molecule has 2 fully saturated rings. The van der Waals surface area contributed by atoms with Crippen LogP contribution in [0.15, 0.2) is 42.7 Å². The zero-order valence-electron chi connectivity index (χ0n) is 22.2. The van der Waals surface area contributed by atoms with Crippen molar-refractivity contribution in [2.75, 3.05) is 46.4 Å². The van der Waals surface area contributed by atoms with Gasteiger partial charge < -0.3 is 24.1 Å². The molecule has 11 heteroatoms. The number of ether oxygens (including phenoxy) is 3. The van der Waals surface area contributed by atoms with Gasteiger partial charge in [-0.25, -0.2) is 15.0 Å². The van der Waals surface area contributed by atoms with E-state index in [1.54, 1.807) is 7.11 Å². The second-order valence-corrected chi connectivity index (χ2v) is 10.6. The number of piperazine rings is 1. The van der Waals surface area contributed by atoms with Gasteiger partial charge in [0.15, 0.2) is 11.2 Å². The lowest BCUT2D eigenvalue weighted by Gasteiger charge is -2.26. The average molecular weight is 550 g/mol. The van der Waals surface area contributed by atoms with Crippen molar-refractivity contribution in [3.8, 4) is 28.9 Å². The highest BCUT2D eigenvalue weighted by atomic mass is 35.5. The molecule has 4 aromatic rings. The van der Waals surface area contributed by atoms with Crippen LogP contribution < -0.4 is 19.5 Å². The third-order valence-corrected chi connectivity index (χ3v) is 7.49. The van der Waals surface area contributed by atoms with Crippen molar-refractivity contribution in [3.05, 3.63) is 53.4 Å². The zero-order valence-corrected chi connectivity index (χ0v) is 22.9. The molecule has 0 bridgehead atoms. The molecular weight excluding hydrogens is 518 g/mol. The standard InChI is InChI=1S/C28H32ClN7O3/c1-28(8-9-28)39-27-24-26(31-18-32-27)36(17-19-4-3-5-23(33-19)37-2)25(34-24)21-7-6-20(16-22(21)29)38-15-14-35-12-10-30-11-13-35/h3-7,16,18,30H,8-15,17H2,1-2H3. The molecule has 0 atom stereocenters. The number of nitrogens with one attached hydrogen (secondary N) is 1. The molecule has 1 aromatic carbocycles. The second-order valence-electron chi connectivity index (χ2n) is 10.2. The quantitative estimate of drug-likeness (QED) is 0.316. The Labute approximate surface area is 232 Å². The normalized spacial score (nSPS) is 16.8. The molecule has 6 rings (SSSR count). The minimum atomic E-state index is -0.207. The van der Waals surface area contributed by atoms with Crippen LogP contribution in [0.3, 0.4) is 0 Å². The number of benzene rings is 1. The molecule has 1 aliphatic carbocycles. The van der Waals surface area contributed by atoms with Crippen LogP contribution in [0.25, 0.3) is 22.6 Å². The van der Waals surface area contributed by atoms with Gasteiger partial charge in [0.05, 0.1) is 24.4 Å². The average Bonchev–Trinajstić information content (AvgIpc) is 3.57. The third-order valence-electron chi connectivity index (χ3n) is 7.17. The summed E-state index contributed by atoms with van der Waals surface area (Å²) in [6, 6.07) is 11.4. The van der Waals surface area contributed by atoms with Gasteiger partial charge in [0.25, 0.3) is 0 Å². The fourth-order valence-corrected chi connectivity index (χ4v) is 4.93. The van der Waals surface area contributed by atoms with Crippen LogP contribution in [0.5, 0.6) is 17.5 Å². The number of nitrogens with zero attached hydrogens (tertiary/aromatic N) is 6. The molecule has 1 N–H and O–H groups in total. The number of hydrogen-bond acceptors (Lipinski definition) is 9. The first-order valence-corrected chi connectivity index (χ1v) is 13.7. The van der Waals surface area contributed by atoms with E-state index in [1.165, 1.54) is 6.33 Å². The minimum absolute atomic E-state index is 0.207. The smallest absolute Gasteiger partial charge is 0.245 e. The summed E-state index contributed by atoms with van der Waals surface area (Å²) in [4.78, 5) is 21.0. The van der Waals surface area contributed by atoms with Crippen molar-refractivity contribution in [1.29, 1.82) is 0 Å². The van der Waals surface area contributed by atoms with E-state index in [2.05, 4.69) is 32.1 Å². The van der Waals surface area contributed by atoms with E-state index in [1.807, 2.05) is 41.0 Å². The predicted octanol–water partition coefficient (Wildman–Crippen LogP) is 3.81. The Bertz CT molecular complexity index is 1470. The van der Waals surface area contributed by atoms with Crippen molar-refractivity contribution in [1.82, 2.24) is 34.7 Å². The van der Waals surface area contributed by atoms with Crippen LogP contribution in [-0.4, -0.2) is 81.4 Å². The van der Waals surface area contributed by atoms with Crippen LogP contribution in [0.1, 0.15) is 25.5 Å². The van der Waals surface area contributed by atoms with Gasteiger partial charge in [-0.1, -0.05) is 17.7 Å². The number of hydrogen-bond donors (Lipinski definition) is 1. The molecule has 0 radical (unpaired) electrons. The summed E-state index contributed by atoms with van der Waals surface area (Å²) in [6.07, 6.45) is 3.49. The van der Waals surface area contributed by atoms with Crippen LogP contribution in [-0.2, 0) is 6.54 Å². The number of rotatable bonds is 10. The number of aromatic nitrogens is 5. The number of fused-ring (bicyclic) bond motifs is 1. The lowest BCUT2D eigenvalue weighted by Crippen LogP contribution is -2.44. The molecule has 1 saturated heterocycles. The summed E-state index contributed by atoms with van der Waals surface area (Å²) in [6.45, 7) is 8.08. The first-order chi connectivity index (χ1) is 19.0. The van der Waals surface area contributed by atoms with Gasteiger partial charge in [-0.05, 0) is 44.0 Å². The van der Waals surface area contributed by atoms with E-state index in [-0.39, 0.29) is 5.60 Å². The Hall–Kier alpha value is -3.47. The van der Waals surface area contributed by atoms with E-state index >= 15 is 0 Å². The molecule has 1 aliphatic heterocycles. The van der Waals surface area contributed by atoms with Crippen LogP contribution >= 0.6 is 11.6 Å². The maximum atomic E-state index is 6.84. The highest BCUT2D eigenvalue weighted by Crippen LogP contribution is 2.41. The highest BCUT2D eigenvalue weighted by Gasteiger charge is 2.41. The Morgan fingerprint density at radius 2 is 1.92 bits per heavy atom. The van der Waals surface area contributed by atoms with E-state index in [0.29, 0.717) is 46.9 Å². The number of methoxy groups -OCH3 is 1. The summed E-state index contributed by atoms with van der Waals surface area (Å²) in [5.74, 6) is 2.39. The van der Waals surface area contributed by atoms with Crippen LogP contribution in [0.4, 0.5) is 0 Å². The maximum Gasteiger partial charge on any atom is 0.245 e. The van der Waals surface area contributed by atoms with Gasteiger partial charge in [0, 0.05) is 44.4 Å². The van der Waals surface area contributed by atoms with Crippen LogP contribution in [0.2, 0.25) is 5.02 Å². The van der Waals surface area contributed by atoms with Gasteiger partial charge in [0.1, 0.15) is 30.1 Å². The molecule has 0 spiro atoms. The number of halogens is 1. The van der Waals surface area contributed by atoms with Crippen molar-refractivity contribution >= 4 is 22.8 Å². The molecule has 1 saturated carbocycles. The predicted molar refractivity (Wildman–Crippen MR) is 149 cm³/mol. The monoisotopic (exact) mass is 549 g/mol. The second kappa shape index (κ2) is 11.0. The number of imidazole rings is 1. The molecule has 204 valence electrons. The lowest BCUT2D eigenvalue weighted by molar-refractivity contribution is 0.191. The molecule has 0 unspecified atom stereocenters. The van der Waals surface area contributed by atoms with Gasteiger partial charge in [-0.15, -0.1) is 0 Å². The molecule has 3 aromatic heterocycles. The molecule has 0 amide bonds. The molecule has 4 heterocycles. The van der Waals surface area contributed by atoms with Gasteiger partial charge in [-0.3, -0.25) is 4.90 Å². The summed E-state index contributed by atoms with van der Waals surface area (Å²) in [5.41, 5.74) is 2.60. The first kappa shape index (κ1) is 25.8. The fourth-order valence-electron chi connectivity index (χ4n) is 4.67. The van der Waals surface area contributed by atoms with Gasteiger partial charge in [0.2, 0.25) is 11.8 Å². The minimum Gasteiger partial charge on any atom is -0.492 e. The Morgan fingerprint density at radius 3 is 2.69 bits per heavy atom. The summed E-state index contributed by atoms with van der Waals surface area (Å²) in [5, 5.41) is 3.91. The Balaban J connectivity index is 1.32. The maximum absolute atomic E-state index is 6.84. The highest BCUT2D eigenvalue weighted by molar-refractivity contribution is 6.33. The lowest BCUT2D eigenvalue weighted by atomic mass is 10.2. The van der Waals surface area contributed by atoms with E-state index < -0.39 is 0 Å². The van der Waals surface area contributed by atoms with E-state index in [4.69, 9.17) is 30.8 Å². The van der Waals surface area contributed by atoms with Crippen molar-refractivity contribution in [2.45, 2.75) is 31.9 Å². The van der Waals surface area contributed by atoms with E-state index in [0.717, 1.165) is 62.6 Å². The molecular formula is C28H32ClN7O3. The Morgan fingerprint density at radius 1 is 1.08 bits per heavy atom. The topological polar surface area (TPSA) is 99.5 Å². The van der Waals surface area contributed by atoms with Crippen molar-refractivity contribution in [3.63, 3.8) is 0 Å². The summed E-state index contributed by atoms with van der Waals surface area (Å²) >= 11 is 6.84. The summed E-state index contributed by atoms with van der Waals surface area (Å²) < 4.78 is 19.6. The van der Waals surface area contributed by atoms with E-state index in [9.17, 15) is 0 Å². The molecule has 39 heavy (non-hydrogen) atoms. The van der Waals surface area contributed by atoms with Crippen molar-refractivity contribution in [2.24, 2.45) is 0 Å². The van der Waals surface area contributed by atoms with Gasteiger partial charge >= 0.3 is 0 Å². The molecule has 2 aliphatic rings. The molecule has 10 nitrogen and oxygen atoms in total. The SMILES string of the molecule is COc1cccc(Cn2c(-c3ccc(OCCN4CCNCC4)cc3Cl)nc3c(OC4(C)CC4)ncnc32)n1. The van der Waals surface area contributed by atoms with Gasteiger partial charge in [-0.2, -0.15) is 4.98 Å². The largest absolute Gasteiger partial charge is 0.492 e. The Kier molecular flexibility index (Phi) is 7.24. The van der Waals surface area contributed by atoms with Crippen LogP contribution in [0, 0.1) is 0 Å². The third kappa shape index (κ3) is 5.78. The first-order valence-electron chi connectivity index (χ1n) is 13.3. The van der Waals surface area contributed by atoms with Crippen molar-refractivity contribution < 1.29 is 14.2 Å². The number of pyridine rings is 1. The summed E-state index contributed by atoms with van der Waals surface area (Å²) in [7, 11) is 1.60. The fraction of sp³-hybridized carbons (Fsp3) is 0.429. The zero-order chi connectivity index (χ0) is 26.8.